The van der Waals surface area contributed by atoms with Gasteiger partial charge in [0.15, 0.2) is 0 Å². The number of hydrogen-bond acceptors (Lipinski definition) is 3. The van der Waals surface area contributed by atoms with Gasteiger partial charge in [-0.3, -0.25) is 0 Å². The zero-order valence-corrected chi connectivity index (χ0v) is 12.8. The van der Waals surface area contributed by atoms with Crippen LogP contribution < -0.4 is 10.5 Å². The highest BCUT2D eigenvalue weighted by Gasteiger charge is 2.25. The third-order valence-corrected chi connectivity index (χ3v) is 4.12. The highest BCUT2D eigenvalue weighted by Crippen LogP contribution is 2.26. The zero-order valence-electron chi connectivity index (χ0n) is 12.8. The Morgan fingerprint density at radius 2 is 1.95 bits per heavy atom. The van der Waals surface area contributed by atoms with Gasteiger partial charge in [-0.1, -0.05) is 26.0 Å². The van der Waals surface area contributed by atoms with Gasteiger partial charge < -0.3 is 15.4 Å². The molecule has 3 heteroatoms. The van der Waals surface area contributed by atoms with Crippen LogP contribution in [-0.2, 0) is 6.54 Å². The van der Waals surface area contributed by atoms with E-state index in [0.717, 1.165) is 38.2 Å². The van der Waals surface area contributed by atoms with Gasteiger partial charge in [-0.25, -0.2) is 0 Å². The average Bonchev–Trinajstić information content (AvgIpc) is 2.45. The van der Waals surface area contributed by atoms with Gasteiger partial charge in [0.25, 0.3) is 0 Å². The molecule has 0 radical (unpaired) electrons. The molecule has 0 saturated carbocycles. The normalized spacial score (nSPS) is 11.9. The van der Waals surface area contributed by atoms with Gasteiger partial charge in [0.1, 0.15) is 5.75 Å². The lowest BCUT2D eigenvalue weighted by Gasteiger charge is -2.34. The van der Waals surface area contributed by atoms with Crippen LogP contribution in [0, 0.1) is 5.41 Å². The SMILES string of the molecule is CCC(CC)(CN)CN(C)Cc1cccc(OC)c1. The highest BCUT2D eigenvalue weighted by molar-refractivity contribution is 5.28. The molecule has 3 nitrogen and oxygen atoms in total. The Morgan fingerprint density at radius 1 is 1.26 bits per heavy atom. The van der Waals surface area contributed by atoms with Crippen LogP contribution in [0.3, 0.4) is 0 Å². The molecule has 1 aromatic rings. The Kier molecular flexibility index (Phi) is 6.32. The first-order valence-corrected chi connectivity index (χ1v) is 7.10. The van der Waals surface area contributed by atoms with Gasteiger partial charge in [0.2, 0.25) is 0 Å². The van der Waals surface area contributed by atoms with E-state index in [0.29, 0.717) is 0 Å². The van der Waals surface area contributed by atoms with E-state index in [2.05, 4.69) is 37.9 Å². The molecule has 0 atom stereocenters. The van der Waals surface area contributed by atoms with E-state index in [9.17, 15) is 0 Å². The van der Waals surface area contributed by atoms with E-state index in [-0.39, 0.29) is 5.41 Å². The Bertz CT molecular complexity index is 367. The third-order valence-electron chi connectivity index (χ3n) is 4.12. The lowest BCUT2D eigenvalue weighted by atomic mass is 9.82. The quantitative estimate of drug-likeness (QED) is 0.784. The minimum absolute atomic E-state index is 0.244. The van der Waals surface area contributed by atoms with Crippen LogP contribution >= 0.6 is 0 Å². The minimum atomic E-state index is 0.244. The number of nitrogens with zero attached hydrogens (tertiary/aromatic N) is 1. The van der Waals surface area contributed by atoms with Crippen molar-refractivity contribution in [1.29, 1.82) is 0 Å². The van der Waals surface area contributed by atoms with Crippen molar-refractivity contribution in [3.8, 4) is 5.75 Å². The first kappa shape index (κ1) is 16.0. The summed E-state index contributed by atoms with van der Waals surface area (Å²) in [6.07, 6.45) is 2.25. The molecule has 1 aromatic carbocycles. The summed E-state index contributed by atoms with van der Waals surface area (Å²) in [7, 11) is 3.87. The summed E-state index contributed by atoms with van der Waals surface area (Å²) in [4.78, 5) is 2.36. The second kappa shape index (κ2) is 7.51. The molecule has 0 aliphatic heterocycles. The van der Waals surface area contributed by atoms with Crippen molar-refractivity contribution in [2.75, 3.05) is 27.2 Å². The van der Waals surface area contributed by atoms with Crippen molar-refractivity contribution in [1.82, 2.24) is 4.90 Å². The summed E-state index contributed by atoms with van der Waals surface area (Å²) in [6.45, 7) is 7.18. The second-order valence-electron chi connectivity index (χ2n) is 5.44. The number of rotatable bonds is 8. The molecular formula is C16H28N2O. The first-order chi connectivity index (χ1) is 9.09. The van der Waals surface area contributed by atoms with Crippen molar-refractivity contribution >= 4 is 0 Å². The molecule has 108 valence electrons. The van der Waals surface area contributed by atoms with Gasteiger partial charge in [0.05, 0.1) is 7.11 Å². The van der Waals surface area contributed by atoms with Crippen molar-refractivity contribution in [2.24, 2.45) is 11.1 Å². The number of ether oxygens (including phenoxy) is 1. The van der Waals surface area contributed by atoms with Crippen LogP contribution in [-0.4, -0.2) is 32.1 Å². The Balaban J connectivity index is 2.65. The Labute approximate surface area is 117 Å². The average molecular weight is 264 g/mol. The maximum atomic E-state index is 5.97. The molecule has 0 heterocycles. The fourth-order valence-electron chi connectivity index (χ4n) is 2.54. The molecule has 0 aromatic heterocycles. The van der Waals surface area contributed by atoms with E-state index in [1.807, 2.05) is 12.1 Å². The molecule has 0 bridgehead atoms. The first-order valence-electron chi connectivity index (χ1n) is 7.10. The van der Waals surface area contributed by atoms with E-state index >= 15 is 0 Å². The molecule has 2 N–H and O–H groups in total. The molecule has 1 rings (SSSR count). The van der Waals surface area contributed by atoms with E-state index in [1.165, 1.54) is 5.56 Å². The fraction of sp³-hybridized carbons (Fsp3) is 0.625. The zero-order chi connectivity index (χ0) is 14.3. The van der Waals surface area contributed by atoms with Crippen LogP contribution in [0.2, 0.25) is 0 Å². The standard InChI is InChI=1S/C16H28N2O/c1-5-16(6-2,12-17)13-18(3)11-14-8-7-9-15(10-14)19-4/h7-10H,5-6,11-13,17H2,1-4H3. The minimum Gasteiger partial charge on any atom is -0.497 e. The molecule has 0 fully saturated rings. The van der Waals surface area contributed by atoms with Gasteiger partial charge in [-0.2, -0.15) is 0 Å². The smallest absolute Gasteiger partial charge is 0.119 e. The summed E-state index contributed by atoms with van der Waals surface area (Å²) in [6, 6.07) is 8.25. The number of nitrogens with two attached hydrogens (primary N) is 1. The molecule has 0 unspecified atom stereocenters. The van der Waals surface area contributed by atoms with Crippen molar-refractivity contribution in [3.05, 3.63) is 29.8 Å². The van der Waals surface area contributed by atoms with E-state index in [1.54, 1.807) is 7.11 Å². The van der Waals surface area contributed by atoms with E-state index < -0.39 is 0 Å². The summed E-state index contributed by atoms with van der Waals surface area (Å²) in [5, 5.41) is 0. The van der Waals surface area contributed by atoms with Crippen molar-refractivity contribution < 1.29 is 4.74 Å². The summed E-state index contributed by atoms with van der Waals surface area (Å²) in [5.41, 5.74) is 7.49. The predicted octanol–water partition coefficient (Wildman–Crippen LogP) is 2.89. The van der Waals surface area contributed by atoms with Crippen LogP contribution in [0.15, 0.2) is 24.3 Å². The van der Waals surface area contributed by atoms with Gasteiger partial charge in [-0.05, 0) is 49.5 Å². The molecule has 0 aliphatic rings. The number of hydrogen-bond donors (Lipinski definition) is 1. The number of methoxy groups -OCH3 is 1. The summed E-state index contributed by atoms with van der Waals surface area (Å²) in [5.74, 6) is 0.918. The van der Waals surface area contributed by atoms with Gasteiger partial charge >= 0.3 is 0 Å². The Hall–Kier alpha value is -1.06. The van der Waals surface area contributed by atoms with Gasteiger partial charge in [-0.15, -0.1) is 0 Å². The highest BCUT2D eigenvalue weighted by atomic mass is 16.5. The van der Waals surface area contributed by atoms with Crippen molar-refractivity contribution in [3.63, 3.8) is 0 Å². The summed E-state index contributed by atoms with van der Waals surface area (Å²) >= 11 is 0. The largest absolute Gasteiger partial charge is 0.497 e. The summed E-state index contributed by atoms with van der Waals surface area (Å²) < 4.78 is 5.26. The lowest BCUT2D eigenvalue weighted by molar-refractivity contribution is 0.162. The van der Waals surface area contributed by atoms with Crippen LogP contribution in [0.5, 0.6) is 5.75 Å². The van der Waals surface area contributed by atoms with E-state index in [4.69, 9.17) is 10.5 Å². The maximum absolute atomic E-state index is 5.97. The van der Waals surface area contributed by atoms with Crippen molar-refractivity contribution in [2.45, 2.75) is 33.2 Å². The third kappa shape index (κ3) is 4.51. The fourth-order valence-corrected chi connectivity index (χ4v) is 2.54. The molecule has 0 spiro atoms. The Morgan fingerprint density at radius 3 is 2.47 bits per heavy atom. The molecule has 0 aliphatic carbocycles. The van der Waals surface area contributed by atoms with Crippen LogP contribution in [0.1, 0.15) is 32.3 Å². The molecular weight excluding hydrogens is 236 g/mol. The second-order valence-corrected chi connectivity index (χ2v) is 5.44. The molecule has 0 saturated heterocycles. The number of benzene rings is 1. The van der Waals surface area contributed by atoms with Gasteiger partial charge in [0, 0.05) is 13.1 Å². The van der Waals surface area contributed by atoms with Crippen LogP contribution in [0.4, 0.5) is 0 Å². The lowest BCUT2D eigenvalue weighted by Crippen LogP contribution is -2.40. The predicted molar refractivity (Wildman–Crippen MR) is 81.4 cm³/mol. The molecule has 19 heavy (non-hydrogen) atoms. The topological polar surface area (TPSA) is 38.5 Å². The molecule has 0 amide bonds. The van der Waals surface area contributed by atoms with Crippen LogP contribution in [0.25, 0.3) is 0 Å². The maximum Gasteiger partial charge on any atom is 0.119 e. The monoisotopic (exact) mass is 264 g/mol.